The number of imide groups is 1. The fourth-order valence-electron chi connectivity index (χ4n) is 8.85. The van der Waals surface area contributed by atoms with Crippen molar-refractivity contribution in [1.29, 1.82) is 0 Å². The molecule has 6 nitrogen and oxygen atoms in total. The molecule has 0 aromatic heterocycles. The van der Waals surface area contributed by atoms with Crippen molar-refractivity contribution in [3.8, 4) is 0 Å². The molecule has 4 atom stereocenters. The van der Waals surface area contributed by atoms with Crippen LogP contribution in [0.2, 0.25) is 0 Å². The van der Waals surface area contributed by atoms with E-state index in [-0.39, 0.29) is 23.6 Å². The molecule has 2 aliphatic carbocycles. The monoisotopic (exact) mass is 657 g/mol. The highest BCUT2D eigenvalue weighted by Gasteiger charge is 2.82. The molecule has 2 fully saturated rings. The number of ketones is 1. The Morgan fingerprint density at radius 2 is 1.02 bits per heavy atom. The standard InChI is InChI=1S/C44H35NO5/c1-4-50-41(48)33-17-11-12-18-34(33)45-39(46)37-38(40(45)47)44(32-15-9-6-10-16-32)36(30-25-21-28(3)22-26-30)35(29-23-19-27(2)20-24-29)43(37,42(44)49)31-13-7-5-8-14-31/h5-26,37-38H,4H2,1-3H3/t37-,38-,43-,44-/m0/s1. The first-order chi connectivity index (χ1) is 24.3. The number of carbonyl (C=O) groups excluding carboxylic acids is 4. The van der Waals surface area contributed by atoms with Gasteiger partial charge in [-0.25, -0.2) is 9.69 Å². The van der Waals surface area contributed by atoms with E-state index >= 15 is 14.4 Å². The van der Waals surface area contributed by atoms with Gasteiger partial charge in [-0.1, -0.05) is 132 Å². The summed E-state index contributed by atoms with van der Waals surface area (Å²) in [7, 11) is 0. The second kappa shape index (κ2) is 11.6. The van der Waals surface area contributed by atoms with Gasteiger partial charge in [0.1, 0.15) is 0 Å². The largest absolute Gasteiger partial charge is 0.462 e. The van der Waals surface area contributed by atoms with Crippen LogP contribution < -0.4 is 4.90 Å². The molecule has 0 spiro atoms. The minimum atomic E-state index is -1.53. The zero-order chi connectivity index (χ0) is 34.8. The molecule has 2 amide bonds. The van der Waals surface area contributed by atoms with Gasteiger partial charge >= 0.3 is 5.97 Å². The number of amides is 2. The molecule has 246 valence electrons. The number of ether oxygens (including phenoxy) is 1. The summed E-state index contributed by atoms with van der Waals surface area (Å²) in [5, 5.41) is 0. The highest BCUT2D eigenvalue weighted by molar-refractivity contribution is 6.39. The van der Waals surface area contributed by atoms with E-state index in [1.807, 2.05) is 123 Å². The third-order valence-corrected chi connectivity index (χ3v) is 10.8. The van der Waals surface area contributed by atoms with Crippen LogP contribution in [0.25, 0.3) is 11.1 Å². The number of anilines is 1. The van der Waals surface area contributed by atoms with Gasteiger partial charge in [-0.05, 0) is 66.3 Å². The number of allylic oxidation sites excluding steroid dienone is 2. The van der Waals surface area contributed by atoms with Crippen molar-refractivity contribution in [2.75, 3.05) is 11.5 Å². The summed E-state index contributed by atoms with van der Waals surface area (Å²) in [6.07, 6.45) is 0. The van der Waals surface area contributed by atoms with Gasteiger partial charge < -0.3 is 4.74 Å². The van der Waals surface area contributed by atoms with Crippen molar-refractivity contribution in [3.63, 3.8) is 0 Å². The van der Waals surface area contributed by atoms with Gasteiger partial charge in [-0.2, -0.15) is 0 Å². The quantitative estimate of drug-likeness (QED) is 0.133. The summed E-state index contributed by atoms with van der Waals surface area (Å²) in [5.41, 5.74) is 3.69. The van der Waals surface area contributed by atoms with Crippen LogP contribution in [0.15, 0.2) is 133 Å². The summed E-state index contributed by atoms with van der Waals surface area (Å²) < 4.78 is 5.36. The molecule has 50 heavy (non-hydrogen) atoms. The van der Waals surface area contributed by atoms with Crippen molar-refractivity contribution < 1.29 is 23.9 Å². The van der Waals surface area contributed by atoms with Crippen LogP contribution in [-0.2, 0) is 30.0 Å². The molecular formula is C44H35NO5. The highest BCUT2D eigenvalue weighted by Crippen LogP contribution is 2.74. The van der Waals surface area contributed by atoms with Gasteiger partial charge in [-0.15, -0.1) is 0 Å². The van der Waals surface area contributed by atoms with E-state index < -0.39 is 40.4 Å². The summed E-state index contributed by atoms with van der Waals surface area (Å²) in [5.74, 6) is -4.03. The second-order valence-electron chi connectivity index (χ2n) is 13.4. The van der Waals surface area contributed by atoms with Crippen molar-refractivity contribution >= 4 is 40.4 Å². The van der Waals surface area contributed by atoms with E-state index in [0.717, 1.165) is 38.3 Å². The molecule has 0 radical (unpaired) electrons. The average Bonchev–Trinajstić information content (AvgIpc) is 3.65. The Hall–Kier alpha value is -5.88. The maximum absolute atomic E-state index is 16.1. The topological polar surface area (TPSA) is 80.8 Å². The lowest BCUT2D eigenvalue weighted by Gasteiger charge is -2.39. The molecular weight excluding hydrogens is 622 g/mol. The van der Waals surface area contributed by atoms with Gasteiger partial charge in [0.2, 0.25) is 11.8 Å². The Bertz CT molecular complexity index is 2100. The number of rotatable bonds is 7. The van der Waals surface area contributed by atoms with Gasteiger partial charge in [0, 0.05) is 0 Å². The molecule has 1 aliphatic heterocycles. The number of benzene rings is 5. The first kappa shape index (κ1) is 31.4. The third kappa shape index (κ3) is 4.08. The first-order valence-electron chi connectivity index (χ1n) is 17.0. The Morgan fingerprint density at radius 1 is 0.600 bits per heavy atom. The third-order valence-electron chi connectivity index (χ3n) is 10.8. The Balaban J connectivity index is 1.52. The lowest BCUT2D eigenvalue weighted by atomic mass is 9.59. The van der Waals surface area contributed by atoms with Crippen LogP contribution in [-0.4, -0.2) is 30.2 Å². The van der Waals surface area contributed by atoms with Gasteiger partial charge in [0.05, 0.1) is 40.5 Å². The zero-order valence-corrected chi connectivity index (χ0v) is 28.1. The summed E-state index contributed by atoms with van der Waals surface area (Å²) in [6.45, 7) is 5.86. The molecule has 6 heteroatoms. The van der Waals surface area contributed by atoms with Crippen molar-refractivity contribution in [1.82, 2.24) is 0 Å². The molecule has 8 rings (SSSR count). The van der Waals surface area contributed by atoms with Crippen LogP contribution in [0.5, 0.6) is 0 Å². The smallest absolute Gasteiger partial charge is 0.340 e. The van der Waals surface area contributed by atoms with Crippen LogP contribution in [0.3, 0.4) is 0 Å². The molecule has 0 unspecified atom stereocenters. The molecule has 3 aliphatic rings. The number of fused-ring (bicyclic) bond motifs is 5. The number of carbonyl (C=O) groups is 4. The fraction of sp³-hybridized carbons (Fsp3) is 0.182. The SMILES string of the molecule is CCOC(=O)c1ccccc1N1C(=O)[C@@H]2[C@@H](C1=O)[C@@]1(c3ccccc3)C(=O)[C@@]2(c2ccccc2)C(c2ccc(C)cc2)=C1c1ccc(C)cc1. The highest BCUT2D eigenvalue weighted by atomic mass is 16.5. The zero-order valence-electron chi connectivity index (χ0n) is 28.1. The molecule has 1 saturated carbocycles. The summed E-state index contributed by atoms with van der Waals surface area (Å²) in [6, 6.07) is 41.5. The Morgan fingerprint density at radius 3 is 1.46 bits per heavy atom. The maximum atomic E-state index is 16.1. The van der Waals surface area contributed by atoms with Gasteiger partial charge in [0.15, 0.2) is 5.78 Å². The van der Waals surface area contributed by atoms with Crippen molar-refractivity contribution in [2.24, 2.45) is 11.8 Å². The van der Waals surface area contributed by atoms with Gasteiger partial charge in [0.25, 0.3) is 0 Å². The number of nitrogens with zero attached hydrogens (tertiary/aromatic N) is 1. The lowest BCUT2D eigenvalue weighted by molar-refractivity contribution is -0.130. The summed E-state index contributed by atoms with van der Waals surface area (Å²) in [4.78, 5) is 61.1. The van der Waals surface area contributed by atoms with E-state index in [1.165, 1.54) is 0 Å². The molecule has 5 aromatic carbocycles. The summed E-state index contributed by atoms with van der Waals surface area (Å²) >= 11 is 0. The molecule has 1 saturated heterocycles. The maximum Gasteiger partial charge on any atom is 0.340 e. The van der Waals surface area contributed by atoms with Crippen LogP contribution in [0, 0.1) is 25.7 Å². The van der Waals surface area contributed by atoms with E-state index in [2.05, 4.69) is 0 Å². The number of esters is 1. The Kier molecular flexibility index (Phi) is 7.30. The predicted octanol–water partition coefficient (Wildman–Crippen LogP) is 7.67. The number of Topliss-reactive ketones (excluding diaryl/α,β-unsaturated/α-hetero) is 1. The van der Waals surface area contributed by atoms with Crippen LogP contribution in [0.1, 0.15) is 50.7 Å². The molecule has 0 N–H and O–H groups in total. The minimum Gasteiger partial charge on any atom is -0.462 e. The number of hydrogen-bond acceptors (Lipinski definition) is 5. The van der Waals surface area contributed by atoms with E-state index in [0.29, 0.717) is 11.1 Å². The second-order valence-corrected chi connectivity index (χ2v) is 13.4. The fourth-order valence-corrected chi connectivity index (χ4v) is 8.85. The van der Waals surface area contributed by atoms with Gasteiger partial charge in [-0.3, -0.25) is 14.4 Å². The van der Waals surface area contributed by atoms with Crippen molar-refractivity contribution in [3.05, 3.63) is 172 Å². The predicted molar refractivity (Wildman–Crippen MR) is 192 cm³/mol. The van der Waals surface area contributed by atoms with Crippen LogP contribution in [0.4, 0.5) is 5.69 Å². The van der Waals surface area contributed by atoms with E-state index in [4.69, 9.17) is 4.74 Å². The van der Waals surface area contributed by atoms with Crippen LogP contribution >= 0.6 is 0 Å². The normalized spacial score (nSPS) is 23.8. The first-order valence-corrected chi connectivity index (χ1v) is 17.0. The average molecular weight is 658 g/mol. The number of hydrogen-bond donors (Lipinski definition) is 0. The Labute approximate surface area is 291 Å². The molecule has 5 aromatic rings. The lowest BCUT2D eigenvalue weighted by Crippen LogP contribution is -2.46. The van der Waals surface area contributed by atoms with Crippen molar-refractivity contribution in [2.45, 2.75) is 31.6 Å². The minimum absolute atomic E-state index is 0.114. The van der Waals surface area contributed by atoms with E-state index in [9.17, 15) is 4.79 Å². The number of para-hydroxylation sites is 1. The number of aryl methyl sites for hydroxylation is 2. The van der Waals surface area contributed by atoms with E-state index in [1.54, 1.807) is 31.2 Å². The molecule has 2 bridgehead atoms. The molecule has 1 heterocycles.